The zero-order valence-corrected chi connectivity index (χ0v) is 13.5. The van der Waals surface area contributed by atoms with Crippen molar-refractivity contribution in [1.82, 2.24) is 0 Å². The van der Waals surface area contributed by atoms with Crippen LogP contribution < -0.4 is 10.5 Å². The maximum atomic E-state index is 13.4. The molecule has 100 valence electrons. The first-order chi connectivity index (χ1) is 8.99. The second-order valence-electron chi connectivity index (χ2n) is 3.80. The Morgan fingerprint density at radius 1 is 1.16 bits per heavy atom. The Morgan fingerprint density at radius 2 is 1.89 bits per heavy atom. The van der Waals surface area contributed by atoms with Crippen LogP contribution >= 0.6 is 43.5 Å². The third kappa shape index (κ3) is 3.69. The maximum Gasteiger partial charge on any atom is 0.145 e. The van der Waals surface area contributed by atoms with Gasteiger partial charge in [-0.25, -0.2) is 4.39 Å². The van der Waals surface area contributed by atoms with E-state index in [1.165, 1.54) is 12.1 Å². The minimum Gasteiger partial charge on any atom is -0.456 e. The predicted octanol–water partition coefficient (Wildman–Crippen LogP) is 5.26. The molecular formula is C13H9Br2ClFNO. The Balaban J connectivity index is 2.36. The summed E-state index contributed by atoms with van der Waals surface area (Å²) in [5.41, 5.74) is 6.50. The molecule has 0 spiro atoms. The Morgan fingerprint density at radius 3 is 2.58 bits per heavy atom. The summed E-state index contributed by atoms with van der Waals surface area (Å²) in [5, 5.41) is 0.0381. The van der Waals surface area contributed by atoms with Gasteiger partial charge in [0.2, 0.25) is 0 Å². The maximum absolute atomic E-state index is 13.4. The summed E-state index contributed by atoms with van der Waals surface area (Å²) in [5.74, 6) is 0.383. The molecule has 2 rings (SSSR count). The summed E-state index contributed by atoms with van der Waals surface area (Å²) in [4.78, 5) is 0. The standard InChI is InChI=1S/C13H9Br2ClFNO/c14-8-1-7(6-18)2-9(3-8)19-13-5-12(17)11(16)4-10(13)15/h1-5H,6,18H2. The summed E-state index contributed by atoms with van der Waals surface area (Å²) in [6.45, 7) is 0.395. The number of rotatable bonds is 3. The molecule has 0 bridgehead atoms. The predicted molar refractivity (Wildman–Crippen MR) is 81.2 cm³/mol. The fraction of sp³-hybridized carbons (Fsp3) is 0.0769. The van der Waals surface area contributed by atoms with E-state index in [2.05, 4.69) is 31.9 Å². The van der Waals surface area contributed by atoms with Gasteiger partial charge in [0.1, 0.15) is 17.3 Å². The molecule has 0 unspecified atom stereocenters. The van der Waals surface area contributed by atoms with Crippen LogP contribution in [0.2, 0.25) is 5.02 Å². The van der Waals surface area contributed by atoms with Gasteiger partial charge < -0.3 is 10.5 Å². The lowest BCUT2D eigenvalue weighted by Crippen LogP contribution is -1.97. The smallest absolute Gasteiger partial charge is 0.145 e. The van der Waals surface area contributed by atoms with Crippen molar-refractivity contribution in [3.05, 3.63) is 55.7 Å². The van der Waals surface area contributed by atoms with E-state index in [-0.39, 0.29) is 5.02 Å². The van der Waals surface area contributed by atoms with Crippen molar-refractivity contribution in [3.63, 3.8) is 0 Å². The number of hydrogen-bond acceptors (Lipinski definition) is 2. The van der Waals surface area contributed by atoms with Gasteiger partial charge in [0.25, 0.3) is 0 Å². The molecule has 0 aliphatic heterocycles. The summed E-state index contributed by atoms with van der Waals surface area (Å²) < 4.78 is 20.5. The molecule has 0 aromatic heterocycles. The second-order valence-corrected chi connectivity index (χ2v) is 5.98. The fourth-order valence-electron chi connectivity index (χ4n) is 1.51. The second kappa shape index (κ2) is 6.22. The summed E-state index contributed by atoms with van der Waals surface area (Å²) in [6.07, 6.45) is 0. The molecule has 0 aliphatic rings. The molecule has 0 fully saturated rings. The van der Waals surface area contributed by atoms with Gasteiger partial charge in [-0.2, -0.15) is 0 Å². The lowest BCUT2D eigenvalue weighted by molar-refractivity contribution is 0.472. The number of halogens is 4. The number of benzene rings is 2. The molecule has 2 N–H and O–H groups in total. The molecule has 2 nitrogen and oxygen atoms in total. The van der Waals surface area contributed by atoms with Crippen molar-refractivity contribution in [1.29, 1.82) is 0 Å². The third-order valence-electron chi connectivity index (χ3n) is 2.37. The molecule has 0 saturated carbocycles. The van der Waals surface area contributed by atoms with E-state index in [9.17, 15) is 4.39 Å². The fourth-order valence-corrected chi connectivity index (χ4v) is 2.75. The average molecular weight is 409 g/mol. The van der Waals surface area contributed by atoms with Crippen LogP contribution in [0, 0.1) is 5.82 Å². The van der Waals surface area contributed by atoms with Crippen LogP contribution in [0.25, 0.3) is 0 Å². The van der Waals surface area contributed by atoms with Crippen LogP contribution in [-0.2, 0) is 6.54 Å². The van der Waals surface area contributed by atoms with Crippen LogP contribution in [0.1, 0.15) is 5.56 Å². The lowest BCUT2D eigenvalue weighted by Gasteiger charge is -2.10. The van der Waals surface area contributed by atoms with E-state index in [1.54, 1.807) is 12.1 Å². The highest BCUT2D eigenvalue weighted by Gasteiger charge is 2.09. The normalized spacial score (nSPS) is 10.6. The third-order valence-corrected chi connectivity index (χ3v) is 3.74. The highest BCUT2D eigenvalue weighted by Crippen LogP contribution is 2.34. The van der Waals surface area contributed by atoms with Crippen molar-refractivity contribution in [2.75, 3.05) is 0 Å². The Kier molecular flexibility index (Phi) is 4.84. The minimum absolute atomic E-state index is 0.0381. The van der Waals surface area contributed by atoms with Crippen molar-refractivity contribution < 1.29 is 9.13 Å². The van der Waals surface area contributed by atoms with E-state index in [1.807, 2.05) is 6.07 Å². The first kappa shape index (κ1) is 14.8. The molecule has 6 heteroatoms. The molecule has 0 amide bonds. The highest BCUT2D eigenvalue weighted by molar-refractivity contribution is 9.10. The van der Waals surface area contributed by atoms with Gasteiger partial charge in [-0.15, -0.1) is 0 Å². The van der Waals surface area contributed by atoms with Crippen LogP contribution in [-0.4, -0.2) is 0 Å². The first-order valence-electron chi connectivity index (χ1n) is 5.31. The first-order valence-corrected chi connectivity index (χ1v) is 7.28. The lowest BCUT2D eigenvalue weighted by atomic mass is 10.2. The molecule has 19 heavy (non-hydrogen) atoms. The van der Waals surface area contributed by atoms with Gasteiger partial charge in [0.05, 0.1) is 9.50 Å². The van der Waals surface area contributed by atoms with Gasteiger partial charge in [-0.3, -0.25) is 0 Å². The Bertz CT molecular complexity index is 622. The van der Waals surface area contributed by atoms with Crippen molar-refractivity contribution >= 4 is 43.5 Å². The van der Waals surface area contributed by atoms with Gasteiger partial charge in [0, 0.05) is 17.1 Å². The molecule has 2 aromatic rings. The van der Waals surface area contributed by atoms with E-state index in [0.717, 1.165) is 10.0 Å². The zero-order chi connectivity index (χ0) is 14.0. The largest absolute Gasteiger partial charge is 0.456 e. The van der Waals surface area contributed by atoms with E-state index >= 15 is 0 Å². The van der Waals surface area contributed by atoms with Gasteiger partial charge in [0.15, 0.2) is 0 Å². The molecule has 0 saturated heterocycles. The minimum atomic E-state index is -0.533. The van der Waals surface area contributed by atoms with Gasteiger partial charge in [-0.1, -0.05) is 27.5 Å². The van der Waals surface area contributed by atoms with Crippen molar-refractivity contribution in [3.8, 4) is 11.5 Å². The number of hydrogen-bond donors (Lipinski definition) is 1. The molecule has 0 heterocycles. The van der Waals surface area contributed by atoms with Crippen LogP contribution in [0.3, 0.4) is 0 Å². The van der Waals surface area contributed by atoms with E-state index in [4.69, 9.17) is 22.1 Å². The number of ether oxygens (including phenoxy) is 1. The topological polar surface area (TPSA) is 35.2 Å². The van der Waals surface area contributed by atoms with E-state index < -0.39 is 5.82 Å². The van der Waals surface area contributed by atoms with Crippen LogP contribution in [0.4, 0.5) is 4.39 Å². The average Bonchev–Trinajstić information content (AvgIpc) is 2.35. The SMILES string of the molecule is NCc1cc(Br)cc(Oc2cc(F)c(Cl)cc2Br)c1. The van der Waals surface area contributed by atoms with E-state index in [0.29, 0.717) is 22.5 Å². The van der Waals surface area contributed by atoms with Crippen LogP contribution in [0.5, 0.6) is 11.5 Å². The van der Waals surface area contributed by atoms with Crippen molar-refractivity contribution in [2.45, 2.75) is 6.54 Å². The molecule has 0 atom stereocenters. The summed E-state index contributed by atoms with van der Waals surface area (Å²) >= 11 is 12.3. The molecular weight excluding hydrogens is 400 g/mol. The monoisotopic (exact) mass is 407 g/mol. The molecule has 0 aliphatic carbocycles. The van der Waals surface area contributed by atoms with Crippen LogP contribution in [0.15, 0.2) is 39.3 Å². The summed E-state index contributed by atoms with van der Waals surface area (Å²) in [7, 11) is 0. The highest BCUT2D eigenvalue weighted by atomic mass is 79.9. The van der Waals surface area contributed by atoms with Gasteiger partial charge in [-0.05, 0) is 45.8 Å². The van der Waals surface area contributed by atoms with Crippen molar-refractivity contribution in [2.24, 2.45) is 5.73 Å². The molecule has 2 aromatic carbocycles. The quantitative estimate of drug-likeness (QED) is 0.703. The molecule has 0 radical (unpaired) electrons. The van der Waals surface area contributed by atoms with Gasteiger partial charge >= 0.3 is 0 Å². The Labute approximate surface area is 132 Å². The zero-order valence-electron chi connectivity index (χ0n) is 9.59. The number of nitrogens with two attached hydrogens (primary N) is 1. The summed E-state index contributed by atoms with van der Waals surface area (Å²) in [6, 6.07) is 8.15. The Hall–Kier alpha value is -0.620.